The molecule has 0 saturated carbocycles. The van der Waals surface area contributed by atoms with E-state index in [4.69, 9.17) is 9.47 Å². The zero-order valence-electron chi connectivity index (χ0n) is 12.6. The second-order valence-corrected chi connectivity index (χ2v) is 5.62. The SMILES string of the molecule is CC(C)(NC(=O)c1cccc2c1OCCO2)c1ccccn1. The van der Waals surface area contributed by atoms with Crippen LogP contribution in [0.25, 0.3) is 0 Å². The van der Waals surface area contributed by atoms with E-state index >= 15 is 0 Å². The molecule has 1 aromatic heterocycles. The summed E-state index contributed by atoms with van der Waals surface area (Å²) in [5.74, 6) is 0.899. The number of carbonyl (C=O) groups is 1. The van der Waals surface area contributed by atoms with Crippen molar-refractivity contribution in [1.29, 1.82) is 0 Å². The van der Waals surface area contributed by atoms with Crippen LogP contribution >= 0.6 is 0 Å². The van der Waals surface area contributed by atoms with E-state index in [9.17, 15) is 4.79 Å². The summed E-state index contributed by atoms with van der Waals surface area (Å²) in [6, 6.07) is 11.0. The molecule has 2 aromatic rings. The number of amides is 1. The highest BCUT2D eigenvalue weighted by molar-refractivity contribution is 5.98. The number of carbonyl (C=O) groups excluding carboxylic acids is 1. The van der Waals surface area contributed by atoms with Gasteiger partial charge in [0.25, 0.3) is 5.91 Å². The molecule has 1 aliphatic heterocycles. The van der Waals surface area contributed by atoms with Crippen molar-refractivity contribution < 1.29 is 14.3 Å². The lowest BCUT2D eigenvalue weighted by molar-refractivity contribution is 0.0899. The summed E-state index contributed by atoms with van der Waals surface area (Å²) in [4.78, 5) is 16.9. The van der Waals surface area contributed by atoms with Crippen molar-refractivity contribution >= 4 is 5.91 Å². The Kier molecular flexibility index (Phi) is 3.71. The van der Waals surface area contributed by atoms with Crippen molar-refractivity contribution in [1.82, 2.24) is 10.3 Å². The van der Waals surface area contributed by atoms with Crippen LogP contribution < -0.4 is 14.8 Å². The number of aromatic nitrogens is 1. The zero-order chi connectivity index (χ0) is 15.6. The number of rotatable bonds is 3. The van der Waals surface area contributed by atoms with Crippen molar-refractivity contribution in [3.63, 3.8) is 0 Å². The van der Waals surface area contributed by atoms with Gasteiger partial charge in [0.1, 0.15) is 13.2 Å². The van der Waals surface area contributed by atoms with E-state index in [0.29, 0.717) is 30.3 Å². The smallest absolute Gasteiger partial charge is 0.255 e. The van der Waals surface area contributed by atoms with Gasteiger partial charge in [-0.2, -0.15) is 0 Å². The number of benzene rings is 1. The fourth-order valence-corrected chi connectivity index (χ4v) is 2.40. The largest absolute Gasteiger partial charge is 0.486 e. The standard InChI is InChI=1S/C17H18N2O3/c1-17(2,14-8-3-4-9-18-14)19-16(20)12-6-5-7-13-15(12)22-11-10-21-13/h3-9H,10-11H2,1-2H3,(H,19,20). The molecular weight excluding hydrogens is 280 g/mol. The first kappa shape index (κ1) is 14.4. The lowest BCUT2D eigenvalue weighted by Crippen LogP contribution is -2.41. The van der Waals surface area contributed by atoms with Gasteiger partial charge in [0.15, 0.2) is 11.5 Å². The molecule has 3 rings (SSSR count). The van der Waals surface area contributed by atoms with Gasteiger partial charge in [-0.1, -0.05) is 12.1 Å². The molecule has 1 aromatic carbocycles. The number of nitrogens with one attached hydrogen (secondary N) is 1. The second kappa shape index (κ2) is 5.67. The Hall–Kier alpha value is -2.56. The molecule has 0 atom stereocenters. The zero-order valence-corrected chi connectivity index (χ0v) is 12.6. The predicted octanol–water partition coefficient (Wildman–Crippen LogP) is 2.52. The Morgan fingerprint density at radius 2 is 1.95 bits per heavy atom. The van der Waals surface area contributed by atoms with E-state index in [-0.39, 0.29) is 5.91 Å². The van der Waals surface area contributed by atoms with Gasteiger partial charge < -0.3 is 14.8 Å². The lowest BCUT2D eigenvalue weighted by atomic mass is 9.99. The maximum absolute atomic E-state index is 12.6. The summed E-state index contributed by atoms with van der Waals surface area (Å²) in [6.07, 6.45) is 1.71. The van der Waals surface area contributed by atoms with E-state index < -0.39 is 5.54 Å². The van der Waals surface area contributed by atoms with Gasteiger partial charge in [-0.3, -0.25) is 9.78 Å². The van der Waals surface area contributed by atoms with Gasteiger partial charge in [-0.15, -0.1) is 0 Å². The third-order valence-corrected chi connectivity index (χ3v) is 3.54. The number of hydrogen-bond acceptors (Lipinski definition) is 4. The van der Waals surface area contributed by atoms with Gasteiger partial charge in [0.2, 0.25) is 0 Å². The molecule has 1 aliphatic rings. The van der Waals surface area contributed by atoms with E-state index in [1.165, 1.54) is 0 Å². The first-order valence-electron chi connectivity index (χ1n) is 7.20. The molecular formula is C17H18N2O3. The fraction of sp³-hybridized carbons (Fsp3) is 0.294. The minimum Gasteiger partial charge on any atom is -0.486 e. The van der Waals surface area contributed by atoms with Crippen molar-refractivity contribution in [2.75, 3.05) is 13.2 Å². The van der Waals surface area contributed by atoms with E-state index in [2.05, 4.69) is 10.3 Å². The molecule has 0 radical (unpaired) electrons. The van der Waals surface area contributed by atoms with E-state index in [1.807, 2.05) is 32.0 Å². The third-order valence-electron chi connectivity index (χ3n) is 3.54. The second-order valence-electron chi connectivity index (χ2n) is 5.62. The van der Waals surface area contributed by atoms with Crippen molar-refractivity contribution in [3.8, 4) is 11.5 Å². The monoisotopic (exact) mass is 298 g/mol. The molecule has 5 nitrogen and oxygen atoms in total. The molecule has 5 heteroatoms. The van der Waals surface area contributed by atoms with Crippen LogP contribution in [0.4, 0.5) is 0 Å². The van der Waals surface area contributed by atoms with Gasteiger partial charge in [-0.25, -0.2) is 0 Å². The minimum atomic E-state index is -0.587. The molecule has 0 spiro atoms. The van der Waals surface area contributed by atoms with Crippen LogP contribution in [0.5, 0.6) is 11.5 Å². The highest BCUT2D eigenvalue weighted by Crippen LogP contribution is 2.34. The van der Waals surface area contributed by atoms with Gasteiger partial charge in [-0.05, 0) is 38.1 Å². The topological polar surface area (TPSA) is 60.5 Å². The highest BCUT2D eigenvalue weighted by atomic mass is 16.6. The summed E-state index contributed by atoms with van der Waals surface area (Å²) in [6.45, 7) is 4.78. The van der Waals surface area contributed by atoms with Crippen molar-refractivity contribution in [2.24, 2.45) is 0 Å². The molecule has 114 valence electrons. The molecule has 22 heavy (non-hydrogen) atoms. The number of fused-ring (bicyclic) bond motifs is 1. The highest BCUT2D eigenvalue weighted by Gasteiger charge is 2.27. The number of pyridine rings is 1. The summed E-state index contributed by atoms with van der Waals surface area (Å²) in [5.41, 5.74) is 0.683. The molecule has 1 amide bonds. The first-order valence-corrected chi connectivity index (χ1v) is 7.20. The lowest BCUT2D eigenvalue weighted by Gasteiger charge is -2.27. The van der Waals surface area contributed by atoms with Gasteiger partial charge in [0, 0.05) is 6.20 Å². The summed E-state index contributed by atoms with van der Waals surface area (Å²) in [7, 11) is 0. The molecule has 1 N–H and O–H groups in total. The summed E-state index contributed by atoms with van der Waals surface area (Å²) >= 11 is 0. The average Bonchev–Trinajstić information content (AvgIpc) is 2.54. The Balaban J connectivity index is 1.86. The van der Waals surface area contributed by atoms with Crippen LogP contribution in [0.15, 0.2) is 42.6 Å². The first-order chi connectivity index (χ1) is 10.6. The van der Waals surface area contributed by atoms with Gasteiger partial charge >= 0.3 is 0 Å². The summed E-state index contributed by atoms with van der Waals surface area (Å²) < 4.78 is 11.1. The third kappa shape index (κ3) is 2.74. The molecule has 0 aliphatic carbocycles. The normalized spacial score (nSPS) is 13.5. The van der Waals surface area contributed by atoms with Crippen molar-refractivity contribution in [3.05, 3.63) is 53.9 Å². The summed E-state index contributed by atoms with van der Waals surface area (Å²) in [5, 5.41) is 3.00. The number of hydrogen-bond donors (Lipinski definition) is 1. The van der Waals surface area contributed by atoms with Crippen LogP contribution in [0.2, 0.25) is 0 Å². The molecule has 0 saturated heterocycles. The molecule has 2 heterocycles. The Morgan fingerprint density at radius 1 is 1.14 bits per heavy atom. The van der Waals surface area contributed by atoms with E-state index in [0.717, 1.165) is 5.69 Å². The molecule has 0 unspecified atom stereocenters. The molecule has 0 bridgehead atoms. The maximum Gasteiger partial charge on any atom is 0.255 e. The quantitative estimate of drug-likeness (QED) is 0.946. The Labute approximate surface area is 129 Å². The minimum absolute atomic E-state index is 0.210. The predicted molar refractivity (Wildman–Crippen MR) is 82.2 cm³/mol. The number of ether oxygens (including phenoxy) is 2. The van der Waals surface area contributed by atoms with Crippen LogP contribution in [0.1, 0.15) is 29.9 Å². The Morgan fingerprint density at radius 3 is 2.73 bits per heavy atom. The van der Waals surface area contributed by atoms with Crippen molar-refractivity contribution in [2.45, 2.75) is 19.4 Å². The number of nitrogens with zero attached hydrogens (tertiary/aromatic N) is 1. The van der Waals surface area contributed by atoms with Crippen LogP contribution in [-0.2, 0) is 5.54 Å². The average molecular weight is 298 g/mol. The van der Waals surface area contributed by atoms with Crippen LogP contribution in [0, 0.1) is 0 Å². The number of para-hydroxylation sites is 1. The van der Waals surface area contributed by atoms with Crippen LogP contribution in [-0.4, -0.2) is 24.1 Å². The maximum atomic E-state index is 12.6. The van der Waals surface area contributed by atoms with Crippen LogP contribution in [0.3, 0.4) is 0 Å². The Bertz CT molecular complexity index is 684. The van der Waals surface area contributed by atoms with E-state index in [1.54, 1.807) is 24.4 Å². The molecule has 0 fully saturated rings. The fourth-order valence-electron chi connectivity index (χ4n) is 2.40. The van der Waals surface area contributed by atoms with Gasteiger partial charge in [0.05, 0.1) is 16.8 Å².